The van der Waals surface area contributed by atoms with E-state index in [2.05, 4.69) is 16.7 Å². The Balaban J connectivity index is 1.75. The summed E-state index contributed by atoms with van der Waals surface area (Å²) < 4.78 is 15.0. The molecule has 6 nitrogen and oxygen atoms in total. The Labute approximate surface area is 162 Å². The van der Waals surface area contributed by atoms with E-state index in [1.807, 2.05) is 25.5 Å². The molecular formula is C21H20FN5O. The molecule has 0 radical (unpaired) electrons. The van der Waals surface area contributed by atoms with Crippen LogP contribution in [-0.4, -0.2) is 43.6 Å². The summed E-state index contributed by atoms with van der Waals surface area (Å²) in [5.41, 5.74) is 3.19. The minimum atomic E-state index is -0.303. The maximum atomic E-state index is 13.3. The molecule has 0 bridgehead atoms. The van der Waals surface area contributed by atoms with Crippen molar-refractivity contribution in [2.45, 2.75) is 12.3 Å². The number of rotatable bonds is 4. The highest BCUT2D eigenvalue weighted by molar-refractivity contribution is 5.87. The fourth-order valence-electron chi connectivity index (χ4n) is 3.52. The number of nitrogens with zero attached hydrogens (tertiary/aromatic N) is 5. The highest BCUT2D eigenvalue weighted by atomic mass is 19.1. The van der Waals surface area contributed by atoms with Gasteiger partial charge in [-0.3, -0.25) is 9.48 Å². The van der Waals surface area contributed by atoms with Crippen molar-refractivity contribution in [1.29, 1.82) is 0 Å². The van der Waals surface area contributed by atoms with Crippen molar-refractivity contribution in [3.63, 3.8) is 0 Å². The number of likely N-dealkylation sites (tertiary alicyclic amines) is 1. The second-order valence-electron chi connectivity index (χ2n) is 6.85. The first-order valence-corrected chi connectivity index (χ1v) is 9.09. The molecule has 1 aliphatic heterocycles. The number of halogens is 1. The SMILES string of the molecule is C=CC(=O)N1CCC(c2cnc(-c3ccc(F)cc3)nc2-c2ccn(C)n2)C1. The van der Waals surface area contributed by atoms with Gasteiger partial charge in [0.25, 0.3) is 0 Å². The quantitative estimate of drug-likeness (QED) is 0.655. The van der Waals surface area contributed by atoms with Crippen molar-refractivity contribution < 1.29 is 9.18 Å². The number of hydrogen-bond acceptors (Lipinski definition) is 4. The highest BCUT2D eigenvalue weighted by Gasteiger charge is 2.29. The normalized spacial score (nSPS) is 16.4. The number of hydrogen-bond donors (Lipinski definition) is 0. The van der Waals surface area contributed by atoms with Crippen LogP contribution in [0.1, 0.15) is 17.9 Å². The minimum absolute atomic E-state index is 0.0641. The molecule has 28 heavy (non-hydrogen) atoms. The molecule has 3 heterocycles. The Morgan fingerprint density at radius 1 is 1.29 bits per heavy atom. The summed E-state index contributed by atoms with van der Waals surface area (Å²) in [6, 6.07) is 8.01. The zero-order chi connectivity index (χ0) is 19.7. The standard InChI is InChI=1S/C21H20FN5O/c1-3-19(28)27-11-8-15(13-27)17-12-23-21(14-4-6-16(22)7-5-14)24-20(17)18-9-10-26(2)25-18/h3-7,9-10,12,15H,1,8,11,13H2,2H3. The molecule has 3 aromatic rings. The molecule has 0 aliphatic carbocycles. The molecule has 1 amide bonds. The molecule has 2 aromatic heterocycles. The smallest absolute Gasteiger partial charge is 0.245 e. The van der Waals surface area contributed by atoms with Crippen molar-refractivity contribution >= 4 is 5.91 Å². The van der Waals surface area contributed by atoms with E-state index >= 15 is 0 Å². The number of amides is 1. The van der Waals surface area contributed by atoms with Gasteiger partial charge in [0, 0.05) is 49.6 Å². The molecule has 4 rings (SSSR count). The molecule has 142 valence electrons. The van der Waals surface area contributed by atoms with Crippen LogP contribution < -0.4 is 0 Å². The van der Waals surface area contributed by atoms with Crippen molar-refractivity contribution in [2.75, 3.05) is 13.1 Å². The molecule has 1 unspecified atom stereocenters. The first-order chi connectivity index (χ1) is 13.5. The van der Waals surface area contributed by atoms with Crippen molar-refractivity contribution in [3.8, 4) is 22.8 Å². The molecule has 1 atom stereocenters. The van der Waals surface area contributed by atoms with Crippen LogP contribution in [0.2, 0.25) is 0 Å². The van der Waals surface area contributed by atoms with Gasteiger partial charge in [-0.25, -0.2) is 14.4 Å². The summed E-state index contributed by atoms with van der Waals surface area (Å²) in [6.07, 6.45) is 5.85. The number of aromatic nitrogens is 4. The summed E-state index contributed by atoms with van der Waals surface area (Å²) in [7, 11) is 1.85. The predicted molar refractivity (Wildman–Crippen MR) is 104 cm³/mol. The van der Waals surface area contributed by atoms with Crippen molar-refractivity contribution in [3.05, 3.63) is 66.8 Å². The third kappa shape index (κ3) is 3.43. The lowest BCUT2D eigenvalue weighted by Crippen LogP contribution is -2.26. The first kappa shape index (κ1) is 18.0. The molecule has 7 heteroatoms. The van der Waals surface area contributed by atoms with Crippen LogP contribution >= 0.6 is 0 Å². The van der Waals surface area contributed by atoms with Gasteiger partial charge < -0.3 is 4.90 Å². The van der Waals surface area contributed by atoms with E-state index in [1.165, 1.54) is 18.2 Å². The van der Waals surface area contributed by atoms with Crippen LogP contribution in [0.5, 0.6) is 0 Å². The number of carbonyl (C=O) groups excluding carboxylic acids is 1. The Morgan fingerprint density at radius 3 is 2.75 bits per heavy atom. The van der Waals surface area contributed by atoms with Crippen LogP contribution in [0.3, 0.4) is 0 Å². The zero-order valence-electron chi connectivity index (χ0n) is 15.5. The average Bonchev–Trinajstić information content (AvgIpc) is 3.37. The van der Waals surface area contributed by atoms with Gasteiger partial charge in [-0.15, -0.1) is 0 Å². The third-order valence-electron chi connectivity index (χ3n) is 4.99. The predicted octanol–water partition coefficient (Wildman–Crippen LogP) is 3.19. The average molecular weight is 377 g/mol. The molecular weight excluding hydrogens is 357 g/mol. The topological polar surface area (TPSA) is 63.9 Å². The number of carbonyl (C=O) groups is 1. The lowest BCUT2D eigenvalue weighted by Gasteiger charge is -2.16. The first-order valence-electron chi connectivity index (χ1n) is 9.09. The van der Waals surface area contributed by atoms with Gasteiger partial charge in [0.15, 0.2) is 5.82 Å². The van der Waals surface area contributed by atoms with E-state index in [9.17, 15) is 9.18 Å². The molecule has 1 aromatic carbocycles. The van der Waals surface area contributed by atoms with E-state index in [0.29, 0.717) is 18.9 Å². The van der Waals surface area contributed by atoms with E-state index in [1.54, 1.807) is 21.7 Å². The summed E-state index contributed by atoms with van der Waals surface area (Å²) in [4.78, 5) is 23.0. The van der Waals surface area contributed by atoms with Crippen LogP contribution in [0, 0.1) is 5.82 Å². The van der Waals surface area contributed by atoms with Crippen molar-refractivity contribution in [2.24, 2.45) is 7.05 Å². The molecule has 0 saturated carbocycles. The minimum Gasteiger partial charge on any atom is -0.339 e. The summed E-state index contributed by atoms with van der Waals surface area (Å²) in [5, 5.41) is 4.50. The Morgan fingerprint density at radius 2 is 2.07 bits per heavy atom. The zero-order valence-corrected chi connectivity index (χ0v) is 15.5. The van der Waals surface area contributed by atoms with E-state index < -0.39 is 0 Å². The Kier molecular flexibility index (Phi) is 4.73. The van der Waals surface area contributed by atoms with Gasteiger partial charge in [0.2, 0.25) is 5.91 Å². The molecule has 1 saturated heterocycles. The summed E-state index contributed by atoms with van der Waals surface area (Å²) in [6.45, 7) is 4.85. The van der Waals surface area contributed by atoms with Crippen LogP contribution in [0.25, 0.3) is 22.8 Å². The third-order valence-corrected chi connectivity index (χ3v) is 4.99. The van der Waals surface area contributed by atoms with Gasteiger partial charge in [-0.05, 0) is 42.8 Å². The van der Waals surface area contributed by atoms with E-state index in [-0.39, 0.29) is 17.6 Å². The van der Waals surface area contributed by atoms with E-state index in [4.69, 9.17) is 4.98 Å². The number of benzene rings is 1. The van der Waals surface area contributed by atoms with Gasteiger partial charge in [-0.1, -0.05) is 6.58 Å². The highest BCUT2D eigenvalue weighted by Crippen LogP contribution is 2.34. The molecule has 0 spiro atoms. The van der Waals surface area contributed by atoms with Crippen molar-refractivity contribution in [1.82, 2.24) is 24.6 Å². The fraction of sp³-hybridized carbons (Fsp3) is 0.238. The summed E-state index contributed by atoms with van der Waals surface area (Å²) >= 11 is 0. The Hall–Kier alpha value is -3.35. The van der Waals surface area contributed by atoms with Gasteiger partial charge in [0.1, 0.15) is 11.5 Å². The Bertz CT molecular complexity index is 1030. The maximum Gasteiger partial charge on any atom is 0.245 e. The molecule has 0 N–H and O–H groups in total. The number of aryl methyl sites for hydroxylation is 1. The fourth-order valence-corrected chi connectivity index (χ4v) is 3.52. The van der Waals surface area contributed by atoms with Gasteiger partial charge >= 0.3 is 0 Å². The largest absolute Gasteiger partial charge is 0.339 e. The monoisotopic (exact) mass is 377 g/mol. The lowest BCUT2D eigenvalue weighted by molar-refractivity contribution is -0.125. The summed E-state index contributed by atoms with van der Waals surface area (Å²) in [5.74, 6) is 0.276. The molecule has 1 fully saturated rings. The second kappa shape index (κ2) is 7.34. The molecule has 1 aliphatic rings. The van der Waals surface area contributed by atoms with E-state index in [0.717, 1.165) is 28.9 Å². The lowest BCUT2D eigenvalue weighted by atomic mass is 9.96. The van der Waals surface area contributed by atoms with Gasteiger partial charge in [-0.2, -0.15) is 5.10 Å². The van der Waals surface area contributed by atoms with Gasteiger partial charge in [0.05, 0.1) is 5.69 Å². The maximum absolute atomic E-state index is 13.3. The second-order valence-corrected chi connectivity index (χ2v) is 6.85. The van der Waals surface area contributed by atoms with Crippen LogP contribution in [-0.2, 0) is 11.8 Å². The van der Waals surface area contributed by atoms with Crippen LogP contribution in [0.15, 0.2) is 55.4 Å². The van der Waals surface area contributed by atoms with Crippen LogP contribution in [0.4, 0.5) is 4.39 Å².